The molecule has 2 aromatic heterocycles. The van der Waals surface area contributed by atoms with Gasteiger partial charge in [0.15, 0.2) is 5.69 Å². The second-order valence-electron chi connectivity index (χ2n) is 8.85. The van der Waals surface area contributed by atoms with Gasteiger partial charge in [-0.3, -0.25) is 4.57 Å². The molecule has 1 amide bonds. The molecule has 2 N–H and O–H groups in total. The van der Waals surface area contributed by atoms with Crippen molar-refractivity contribution in [3.63, 3.8) is 0 Å². The summed E-state index contributed by atoms with van der Waals surface area (Å²) < 4.78 is 48.8. The number of alkyl halides is 3. The summed E-state index contributed by atoms with van der Waals surface area (Å²) in [6.07, 6.45) is -4.20. The first-order valence-corrected chi connectivity index (χ1v) is 11.7. The summed E-state index contributed by atoms with van der Waals surface area (Å²) >= 11 is 0. The van der Waals surface area contributed by atoms with Crippen molar-refractivity contribution in [2.75, 3.05) is 13.2 Å². The van der Waals surface area contributed by atoms with Crippen LogP contribution in [-0.4, -0.2) is 55.4 Å². The van der Waals surface area contributed by atoms with E-state index in [-0.39, 0.29) is 30.3 Å². The predicted octanol–water partition coefficient (Wildman–Crippen LogP) is 3.69. The first kappa shape index (κ1) is 26.0. The van der Waals surface area contributed by atoms with Gasteiger partial charge < -0.3 is 15.2 Å². The maximum Gasteiger partial charge on any atom is 0.416 e. The van der Waals surface area contributed by atoms with Crippen LogP contribution in [0.25, 0.3) is 27.6 Å². The van der Waals surface area contributed by atoms with E-state index in [0.717, 1.165) is 21.3 Å². The van der Waals surface area contributed by atoms with E-state index in [9.17, 15) is 27.9 Å². The first-order chi connectivity index (χ1) is 18.6. The Bertz CT molecular complexity index is 1650. The van der Waals surface area contributed by atoms with Crippen LogP contribution in [0, 0.1) is 13.5 Å². The average molecular weight is 538 g/mol. The van der Waals surface area contributed by atoms with Crippen LogP contribution in [0.4, 0.5) is 23.7 Å². The highest BCUT2D eigenvalue weighted by molar-refractivity contribution is 5.83. The van der Waals surface area contributed by atoms with Crippen molar-refractivity contribution < 1.29 is 27.8 Å². The molecular formula is C26H21F3N6O4. The number of carbonyl (C=O) groups excluding carboxylic acids is 1. The summed E-state index contributed by atoms with van der Waals surface area (Å²) in [6, 6.07) is 10.5. The topological polar surface area (TPSA) is 108 Å². The van der Waals surface area contributed by atoms with Gasteiger partial charge in [-0.1, -0.05) is 18.2 Å². The van der Waals surface area contributed by atoms with Crippen LogP contribution in [0.1, 0.15) is 11.3 Å². The van der Waals surface area contributed by atoms with Gasteiger partial charge in [-0.25, -0.2) is 23.7 Å². The third-order valence-electron chi connectivity index (χ3n) is 6.39. The number of aromatic nitrogens is 4. The molecule has 0 spiro atoms. The van der Waals surface area contributed by atoms with Crippen LogP contribution in [0.2, 0.25) is 0 Å². The quantitative estimate of drug-likeness (QED) is 0.386. The average Bonchev–Trinajstić information content (AvgIpc) is 3.61. The summed E-state index contributed by atoms with van der Waals surface area (Å²) in [6.45, 7) is 8.69. The van der Waals surface area contributed by atoms with Gasteiger partial charge in [-0.2, -0.15) is 18.3 Å². The minimum Gasteiger partial charge on any atom is -0.388 e. The minimum atomic E-state index is -4.65. The summed E-state index contributed by atoms with van der Waals surface area (Å²) in [4.78, 5) is 30.5. The number of aliphatic hydroxyl groups is 1. The number of nitrogens with one attached hydrogen (secondary N) is 1. The number of carbonyl (C=O) groups is 1. The van der Waals surface area contributed by atoms with Crippen molar-refractivity contribution >= 4 is 11.7 Å². The number of hydrogen-bond donors (Lipinski definition) is 2. The van der Waals surface area contributed by atoms with E-state index in [4.69, 9.17) is 11.3 Å². The number of benzene rings is 2. The fraction of sp³-hybridized carbons (Fsp3) is 0.231. The van der Waals surface area contributed by atoms with E-state index >= 15 is 0 Å². The summed E-state index contributed by atoms with van der Waals surface area (Å²) in [5.41, 5.74) is -0.487. The van der Waals surface area contributed by atoms with Gasteiger partial charge in [0.1, 0.15) is 5.69 Å². The molecule has 10 nitrogen and oxygen atoms in total. The normalized spacial score (nSPS) is 17.2. The number of nitrogens with zero attached hydrogens (tertiary/aromatic N) is 5. The van der Waals surface area contributed by atoms with Crippen LogP contribution in [-0.2, 0) is 10.9 Å². The molecule has 5 rings (SSSR count). The zero-order valence-electron chi connectivity index (χ0n) is 20.4. The number of amides is 1. The van der Waals surface area contributed by atoms with Gasteiger partial charge in [0.2, 0.25) is 0 Å². The number of halogens is 3. The monoisotopic (exact) mass is 538 g/mol. The Morgan fingerprint density at radius 2 is 1.90 bits per heavy atom. The molecule has 0 unspecified atom stereocenters. The molecule has 2 aromatic carbocycles. The van der Waals surface area contributed by atoms with Gasteiger partial charge in [-0.05, 0) is 43.3 Å². The highest BCUT2D eigenvalue weighted by Crippen LogP contribution is 2.32. The van der Waals surface area contributed by atoms with Crippen molar-refractivity contribution in [1.82, 2.24) is 24.2 Å². The van der Waals surface area contributed by atoms with Crippen LogP contribution < -0.4 is 11.0 Å². The molecule has 0 saturated carbocycles. The number of aliphatic hydroxyl groups excluding tert-OH is 1. The smallest absolute Gasteiger partial charge is 0.388 e. The highest BCUT2D eigenvalue weighted by Gasteiger charge is 2.33. The van der Waals surface area contributed by atoms with E-state index in [2.05, 4.69) is 15.3 Å². The van der Waals surface area contributed by atoms with Gasteiger partial charge in [0, 0.05) is 0 Å². The largest absolute Gasteiger partial charge is 0.416 e. The Balaban J connectivity index is 1.71. The minimum absolute atomic E-state index is 0.00431. The summed E-state index contributed by atoms with van der Waals surface area (Å²) in [7, 11) is 0. The molecule has 200 valence electrons. The third-order valence-corrected chi connectivity index (χ3v) is 6.39. The maximum absolute atomic E-state index is 13.7. The van der Waals surface area contributed by atoms with E-state index < -0.39 is 35.6 Å². The predicted molar refractivity (Wildman–Crippen MR) is 133 cm³/mol. The standard InChI is InChI=1S/C26H21F3N6O4/c1-15-23(21-10-11-31-35(21)18-8-6-17(30-2)7-9-18)34(24(37)32-20-13-39-14-22(20)36)25(38)33(15)19-5-3-4-16(12-19)26(27,28)29/h3-12,20,22,36H,13-14H2,1H3,(H,32,37)/t20-,22-/m1/s1. The Hall–Kier alpha value is -4.67. The molecule has 1 aliphatic heterocycles. The molecule has 0 aliphatic carbocycles. The molecule has 4 aromatic rings. The Labute approximate surface area is 219 Å². The molecule has 0 bridgehead atoms. The number of hydrogen-bond acceptors (Lipinski definition) is 5. The van der Waals surface area contributed by atoms with Crippen LogP contribution >= 0.6 is 0 Å². The zero-order valence-corrected chi connectivity index (χ0v) is 20.4. The van der Waals surface area contributed by atoms with E-state index in [1.807, 2.05) is 0 Å². The number of imidazole rings is 1. The fourth-order valence-electron chi connectivity index (χ4n) is 4.48. The maximum atomic E-state index is 13.7. The van der Waals surface area contributed by atoms with Crippen molar-refractivity contribution in [3.8, 4) is 22.8 Å². The summed E-state index contributed by atoms with van der Waals surface area (Å²) in [5.74, 6) is 0. The van der Waals surface area contributed by atoms with Crippen LogP contribution in [0.15, 0.2) is 65.6 Å². The van der Waals surface area contributed by atoms with Crippen molar-refractivity contribution in [2.24, 2.45) is 0 Å². The van der Waals surface area contributed by atoms with E-state index in [1.54, 1.807) is 30.3 Å². The van der Waals surface area contributed by atoms with Crippen molar-refractivity contribution in [1.29, 1.82) is 0 Å². The first-order valence-electron chi connectivity index (χ1n) is 11.7. The molecule has 2 atom stereocenters. The van der Waals surface area contributed by atoms with Crippen LogP contribution in [0.5, 0.6) is 0 Å². The molecule has 1 saturated heterocycles. The summed E-state index contributed by atoms with van der Waals surface area (Å²) in [5, 5.41) is 17.0. The van der Waals surface area contributed by atoms with Gasteiger partial charge in [-0.15, -0.1) is 0 Å². The zero-order chi connectivity index (χ0) is 27.9. The molecule has 13 heteroatoms. The molecule has 0 radical (unpaired) electrons. The van der Waals surface area contributed by atoms with Crippen molar-refractivity contribution in [3.05, 3.63) is 94.0 Å². The van der Waals surface area contributed by atoms with Gasteiger partial charge >= 0.3 is 17.9 Å². The van der Waals surface area contributed by atoms with Crippen molar-refractivity contribution in [2.45, 2.75) is 25.2 Å². The molecule has 39 heavy (non-hydrogen) atoms. The van der Waals surface area contributed by atoms with E-state index in [0.29, 0.717) is 17.1 Å². The highest BCUT2D eigenvalue weighted by atomic mass is 19.4. The molecule has 1 aliphatic rings. The Morgan fingerprint density at radius 3 is 2.54 bits per heavy atom. The third kappa shape index (κ3) is 4.71. The molecule has 1 fully saturated rings. The fourth-order valence-corrected chi connectivity index (χ4v) is 4.48. The second-order valence-corrected chi connectivity index (χ2v) is 8.85. The van der Waals surface area contributed by atoms with Gasteiger partial charge in [0.05, 0.1) is 66.5 Å². The Kier molecular flexibility index (Phi) is 6.59. The van der Waals surface area contributed by atoms with Gasteiger partial charge in [0.25, 0.3) is 0 Å². The lowest BCUT2D eigenvalue weighted by atomic mass is 10.2. The lowest BCUT2D eigenvalue weighted by molar-refractivity contribution is -0.137. The second kappa shape index (κ2) is 9.90. The van der Waals surface area contributed by atoms with Crippen LogP contribution in [0.3, 0.4) is 0 Å². The number of rotatable bonds is 4. The Morgan fingerprint density at radius 1 is 1.15 bits per heavy atom. The molecular weight excluding hydrogens is 517 g/mol. The van der Waals surface area contributed by atoms with E-state index in [1.165, 1.54) is 29.9 Å². The number of ether oxygens (including phenoxy) is 1. The lowest BCUT2D eigenvalue weighted by Crippen LogP contribution is -2.47. The SMILES string of the molecule is [C-]#[N+]c1ccc(-n2nccc2-c2c(C)n(-c3cccc(C(F)(F)F)c3)c(=O)n2C(=O)N[C@@H]2COC[C@H]2O)cc1. The molecule has 3 heterocycles. The lowest BCUT2D eigenvalue weighted by Gasteiger charge is -2.16.